The largest absolute Gasteiger partial charge is 0.397 e. The van der Waals surface area contributed by atoms with Crippen LogP contribution in [0, 0.1) is 5.92 Å². The minimum absolute atomic E-state index is 0.148. The first kappa shape index (κ1) is 17.1. The Morgan fingerprint density at radius 3 is 1.59 bits per heavy atom. The Bertz CT molecular complexity index is 208. The molecule has 3 heteroatoms. The van der Waals surface area contributed by atoms with E-state index < -0.39 is 8.56 Å². The van der Waals surface area contributed by atoms with Crippen molar-refractivity contribution < 1.29 is 8.85 Å². The van der Waals surface area contributed by atoms with Gasteiger partial charge in [0.1, 0.15) is 0 Å². The molecule has 0 aromatic carbocycles. The molecule has 0 N–H and O–H groups in total. The molecular weight excluding hydrogens is 228 g/mol. The molecule has 2 nitrogen and oxygen atoms in total. The third kappa shape index (κ3) is 2.94. The van der Waals surface area contributed by atoms with Crippen molar-refractivity contribution in [3.05, 3.63) is 0 Å². The van der Waals surface area contributed by atoms with Crippen LogP contribution in [0.4, 0.5) is 0 Å². The lowest BCUT2D eigenvalue weighted by molar-refractivity contribution is 0.169. The molecule has 0 bridgehead atoms. The highest BCUT2D eigenvalue weighted by molar-refractivity contribution is 6.72. The molecule has 1 atom stereocenters. The standard InChI is InChI=1S/C14H32O2Si/c1-9-12(4)17(15-7,16-8)14(5,6)13(10-2)11-3/h12-13H,9-11H2,1-8H3. The first-order valence-electron chi connectivity index (χ1n) is 6.98. The van der Waals surface area contributed by atoms with Crippen LogP contribution in [0.1, 0.15) is 60.8 Å². The summed E-state index contributed by atoms with van der Waals surface area (Å²) >= 11 is 0. The minimum Gasteiger partial charge on any atom is -0.397 e. The van der Waals surface area contributed by atoms with Crippen LogP contribution in [0.5, 0.6) is 0 Å². The molecule has 0 fully saturated rings. The van der Waals surface area contributed by atoms with E-state index in [1.54, 1.807) is 0 Å². The van der Waals surface area contributed by atoms with E-state index in [-0.39, 0.29) is 5.04 Å². The Balaban J connectivity index is 5.42. The van der Waals surface area contributed by atoms with Gasteiger partial charge in [-0.2, -0.15) is 0 Å². The summed E-state index contributed by atoms with van der Waals surface area (Å²) in [5, 5.41) is 0.148. The van der Waals surface area contributed by atoms with Crippen molar-refractivity contribution in [2.45, 2.75) is 71.4 Å². The van der Waals surface area contributed by atoms with Gasteiger partial charge in [-0.05, 0) is 5.92 Å². The van der Waals surface area contributed by atoms with Crippen molar-refractivity contribution >= 4 is 8.56 Å². The molecular formula is C14H32O2Si. The average molecular weight is 260 g/mol. The molecule has 0 aromatic rings. The smallest absolute Gasteiger partial charge is 0.346 e. The predicted molar refractivity (Wildman–Crippen MR) is 77.6 cm³/mol. The van der Waals surface area contributed by atoms with Gasteiger partial charge >= 0.3 is 8.56 Å². The van der Waals surface area contributed by atoms with Gasteiger partial charge in [0.15, 0.2) is 0 Å². The number of hydrogen-bond donors (Lipinski definition) is 0. The Labute approximate surface area is 109 Å². The molecule has 1 unspecified atom stereocenters. The molecule has 17 heavy (non-hydrogen) atoms. The summed E-state index contributed by atoms with van der Waals surface area (Å²) in [6.45, 7) is 13.7. The van der Waals surface area contributed by atoms with E-state index in [4.69, 9.17) is 8.85 Å². The highest BCUT2D eigenvalue weighted by Crippen LogP contribution is 2.53. The summed E-state index contributed by atoms with van der Waals surface area (Å²) < 4.78 is 12.0. The zero-order valence-corrected chi connectivity index (χ0v) is 14.1. The fourth-order valence-electron chi connectivity index (χ4n) is 3.51. The molecule has 0 aliphatic rings. The van der Waals surface area contributed by atoms with Gasteiger partial charge in [0.2, 0.25) is 0 Å². The maximum absolute atomic E-state index is 6.01. The van der Waals surface area contributed by atoms with Crippen molar-refractivity contribution in [1.82, 2.24) is 0 Å². The lowest BCUT2D eigenvalue weighted by Gasteiger charge is -2.48. The number of rotatable bonds is 8. The SMILES string of the molecule is CCC(CC)C(C)(C)[Si](OC)(OC)C(C)CC. The lowest BCUT2D eigenvalue weighted by Crippen LogP contribution is -2.55. The maximum Gasteiger partial charge on any atom is 0.346 e. The van der Waals surface area contributed by atoms with Crippen LogP contribution in [0.3, 0.4) is 0 Å². The molecule has 0 aliphatic heterocycles. The van der Waals surface area contributed by atoms with Crippen molar-refractivity contribution in [2.24, 2.45) is 5.92 Å². The molecule has 0 aliphatic carbocycles. The van der Waals surface area contributed by atoms with Gasteiger partial charge in [-0.1, -0.05) is 60.8 Å². The van der Waals surface area contributed by atoms with Crippen molar-refractivity contribution in [2.75, 3.05) is 14.2 Å². The Hall–Kier alpha value is 0.137. The third-order valence-electron chi connectivity index (χ3n) is 4.77. The summed E-state index contributed by atoms with van der Waals surface area (Å²) in [6, 6.07) is 0. The van der Waals surface area contributed by atoms with Gasteiger partial charge in [-0.25, -0.2) is 0 Å². The fraction of sp³-hybridized carbons (Fsp3) is 1.00. The van der Waals surface area contributed by atoms with Gasteiger partial charge in [0.05, 0.1) is 0 Å². The van der Waals surface area contributed by atoms with Crippen LogP contribution >= 0.6 is 0 Å². The van der Waals surface area contributed by atoms with E-state index >= 15 is 0 Å². The van der Waals surface area contributed by atoms with Crippen LogP contribution in [-0.2, 0) is 8.85 Å². The second kappa shape index (κ2) is 6.91. The molecule has 0 spiro atoms. The molecule has 0 saturated heterocycles. The van der Waals surface area contributed by atoms with E-state index in [0.29, 0.717) is 11.5 Å². The van der Waals surface area contributed by atoms with Gasteiger partial charge in [0, 0.05) is 24.8 Å². The van der Waals surface area contributed by atoms with Crippen molar-refractivity contribution in [3.63, 3.8) is 0 Å². The van der Waals surface area contributed by atoms with Crippen molar-refractivity contribution in [3.8, 4) is 0 Å². The molecule has 0 heterocycles. The van der Waals surface area contributed by atoms with Gasteiger partial charge in [0.25, 0.3) is 0 Å². The Morgan fingerprint density at radius 2 is 1.35 bits per heavy atom. The molecule has 0 rings (SSSR count). The Morgan fingerprint density at radius 1 is 0.941 bits per heavy atom. The quantitative estimate of drug-likeness (QED) is 0.587. The third-order valence-corrected chi connectivity index (χ3v) is 9.90. The zero-order chi connectivity index (χ0) is 13.7. The summed E-state index contributed by atoms with van der Waals surface area (Å²) in [4.78, 5) is 0. The summed E-state index contributed by atoms with van der Waals surface area (Å²) in [5.74, 6) is 0.670. The van der Waals surface area contributed by atoms with Crippen LogP contribution in [0.2, 0.25) is 10.6 Å². The molecule has 0 radical (unpaired) electrons. The molecule has 0 amide bonds. The maximum atomic E-state index is 6.01. The zero-order valence-electron chi connectivity index (χ0n) is 13.1. The summed E-state index contributed by atoms with van der Waals surface area (Å²) in [6.07, 6.45) is 3.51. The number of hydrogen-bond acceptors (Lipinski definition) is 2. The fourth-order valence-corrected chi connectivity index (χ4v) is 8.32. The second-order valence-electron chi connectivity index (χ2n) is 5.62. The second-order valence-corrected chi connectivity index (χ2v) is 10.0. The normalized spacial score (nSPS) is 15.4. The highest BCUT2D eigenvalue weighted by atomic mass is 28.4. The van der Waals surface area contributed by atoms with Crippen LogP contribution < -0.4 is 0 Å². The van der Waals surface area contributed by atoms with Gasteiger partial charge < -0.3 is 8.85 Å². The molecule has 0 saturated carbocycles. The van der Waals surface area contributed by atoms with Crippen molar-refractivity contribution in [1.29, 1.82) is 0 Å². The lowest BCUT2D eigenvalue weighted by atomic mass is 9.90. The first-order chi connectivity index (χ1) is 7.87. The Kier molecular flexibility index (Phi) is 6.96. The average Bonchev–Trinajstić information content (AvgIpc) is 2.31. The predicted octanol–water partition coefficient (Wildman–Crippen LogP) is 4.74. The van der Waals surface area contributed by atoms with Crippen LogP contribution in [-0.4, -0.2) is 22.8 Å². The first-order valence-corrected chi connectivity index (χ1v) is 8.87. The van der Waals surface area contributed by atoms with Crippen LogP contribution in [0.25, 0.3) is 0 Å². The van der Waals surface area contributed by atoms with E-state index in [1.807, 2.05) is 14.2 Å². The minimum atomic E-state index is -2.18. The van der Waals surface area contributed by atoms with E-state index in [1.165, 1.54) is 12.8 Å². The van der Waals surface area contributed by atoms with Gasteiger partial charge in [-0.3, -0.25) is 0 Å². The highest BCUT2D eigenvalue weighted by Gasteiger charge is 2.56. The molecule has 104 valence electrons. The van der Waals surface area contributed by atoms with Crippen LogP contribution in [0.15, 0.2) is 0 Å². The molecule has 0 aromatic heterocycles. The van der Waals surface area contributed by atoms with E-state index in [9.17, 15) is 0 Å². The topological polar surface area (TPSA) is 18.5 Å². The van der Waals surface area contributed by atoms with E-state index in [0.717, 1.165) is 6.42 Å². The van der Waals surface area contributed by atoms with E-state index in [2.05, 4.69) is 41.5 Å². The summed E-state index contributed by atoms with van der Waals surface area (Å²) in [7, 11) is 1.50. The van der Waals surface area contributed by atoms with Gasteiger partial charge in [-0.15, -0.1) is 0 Å². The summed E-state index contributed by atoms with van der Waals surface area (Å²) in [5.41, 5.74) is 0.521. The monoisotopic (exact) mass is 260 g/mol.